The van der Waals surface area contributed by atoms with E-state index in [0.29, 0.717) is 18.7 Å². The van der Waals surface area contributed by atoms with Crippen LogP contribution in [0.5, 0.6) is 0 Å². The van der Waals surface area contributed by atoms with Crippen LogP contribution in [-0.2, 0) is 11.8 Å². The highest BCUT2D eigenvalue weighted by Crippen LogP contribution is 2.22. The van der Waals surface area contributed by atoms with E-state index in [1.807, 2.05) is 6.92 Å². The number of nitrogens with one attached hydrogen (secondary N) is 3. The van der Waals surface area contributed by atoms with E-state index in [0.717, 1.165) is 12.8 Å². The average Bonchev–Trinajstić information content (AvgIpc) is 3.41. The highest BCUT2D eigenvalue weighted by molar-refractivity contribution is 6.07. The van der Waals surface area contributed by atoms with Crippen LogP contribution in [0.3, 0.4) is 0 Å². The maximum absolute atomic E-state index is 12.7. The van der Waals surface area contributed by atoms with E-state index < -0.39 is 17.9 Å². The number of aromatic nitrogens is 4. The number of hydrogen-bond donors (Lipinski definition) is 3. The van der Waals surface area contributed by atoms with E-state index in [1.54, 1.807) is 26.1 Å². The van der Waals surface area contributed by atoms with Crippen molar-refractivity contribution in [3.63, 3.8) is 0 Å². The van der Waals surface area contributed by atoms with E-state index in [-0.39, 0.29) is 28.8 Å². The molecule has 0 aliphatic heterocycles. The number of carbonyl (C=O) groups is 3. The Kier molecular flexibility index (Phi) is 7.73. The Morgan fingerprint density at radius 3 is 2.76 bits per heavy atom. The van der Waals surface area contributed by atoms with E-state index >= 15 is 0 Å². The van der Waals surface area contributed by atoms with Crippen LogP contribution in [0.2, 0.25) is 0 Å². The molecule has 33 heavy (non-hydrogen) atoms. The fourth-order valence-corrected chi connectivity index (χ4v) is 2.77. The van der Waals surface area contributed by atoms with E-state index in [4.69, 9.17) is 9.15 Å². The fourth-order valence-electron chi connectivity index (χ4n) is 2.77. The van der Waals surface area contributed by atoms with Gasteiger partial charge in [0, 0.05) is 31.5 Å². The highest BCUT2D eigenvalue weighted by atomic mass is 16.5. The van der Waals surface area contributed by atoms with Crippen LogP contribution in [0, 0.1) is 0 Å². The molecular formula is C21H25N7O5. The molecule has 3 heterocycles. The van der Waals surface area contributed by atoms with Crippen molar-refractivity contribution in [1.29, 1.82) is 0 Å². The number of pyridine rings is 1. The molecule has 0 saturated carbocycles. The summed E-state index contributed by atoms with van der Waals surface area (Å²) in [6.45, 7) is 4.52. The Balaban J connectivity index is 1.70. The molecule has 12 nitrogen and oxygen atoms in total. The molecule has 3 rings (SSSR count). The van der Waals surface area contributed by atoms with Gasteiger partial charge in [0.2, 0.25) is 5.89 Å². The van der Waals surface area contributed by atoms with Gasteiger partial charge in [-0.15, -0.1) is 0 Å². The van der Waals surface area contributed by atoms with Crippen LogP contribution >= 0.6 is 0 Å². The largest absolute Gasteiger partial charge is 0.449 e. The normalized spacial score (nSPS) is 10.5. The Morgan fingerprint density at radius 1 is 1.18 bits per heavy atom. The van der Waals surface area contributed by atoms with Crippen LogP contribution in [0.4, 0.5) is 16.3 Å². The Labute approximate surface area is 189 Å². The number of aryl methyl sites for hydroxylation is 1. The number of ether oxygens (including phenoxy) is 1. The van der Waals surface area contributed by atoms with Crippen molar-refractivity contribution in [1.82, 2.24) is 25.1 Å². The number of anilines is 2. The molecule has 174 valence electrons. The van der Waals surface area contributed by atoms with Gasteiger partial charge in [-0.05, 0) is 25.5 Å². The number of hydrogen-bond acceptors (Lipinski definition) is 8. The van der Waals surface area contributed by atoms with Gasteiger partial charge in [-0.2, -0.15) is 5.10 Å². The van der Waals surface area contributed by atoms with Gasteiger partial charge in [0.1, 0.15) is 12.1 Å². The smallest absolute Gasteiger partial charge is 0.412 e. The molecule has 3 aromatic rings. The Hall–Kier alpha value is -4.22. The molecule has 3 amide bonds. The van der Waals surface area contributed by atoms with Gasteiger partial charge in [0.15, 0.2) is 11.4 Å². The summed E-state index contributed by atoms with van der Waals surface area (Å²) in [6, 6.07) is 3.17. The summed E-state index contributed by atoms with van der Waals surface area (Å²) in [6.07, 6.45) is 5.25. The first-order chi connectivity index (χ1) is 15.9. The molecule has 0 aliphatic carbocycles. The molecule has 3 aromatic heterocycles. The first kappa shape index (κ1) is 23.4. The maximum atomic E-state index is 12.7. The monoisotopic (exact) mass is 455 g/mol. The minimum atomic E-state index is -0.611. The topological polar surface area (TPSA) is 153 Å². The summed E-state index contributed by atoms with van der Waals surface area (Å²) < 4.78 is 11.9. The quantitative estimate of drug-likeness (QED) is 0.416. The van der Waals surface area contributed by atoms with Gasteiger partial charge in [-0.3, -0.25) is 19.6 Å². The average molecular weight is 455 g/mol. The van der Waals surface area contributed by atoms with Crippen molar-refractivity contribution in [2.75, 3.05) is 23.8 Å². The second-order valence-corrected chi connectivity index (χ2v) is 6.96. The molecule has 0 spiro atoms. The molecule has 0 unspecified atom stereocenters. The Morgan fingerprint density at radius 2 is 2.00 bits per heavy atom. The lowest BCUT2D eigenvalue weighted by atomic mass is 10.2. The molecule has 0 saturated heterocycles. The number of nitrogens with zero attached hydrogens (tertiary/aromatic N) is 4. The summed E-state index contributed by atoms with van der Waals surface area (Å²) >= 11 is 0. The van der Waals surface area contributed by atoms with Crippen molar-refractivity contribution < 1.29 is 23.5 Å². The number of unbranched alkanes of at least 4 members (excludes halogenated alkanes) is 1. The molecule has 0 radical (unpaired) electrons. The first-order valence-electron chi connectivity index (χ1n) is 10.4. The van der Waals surface area contributed by atoms with Crippen LogP contribution in [0.15, 0.2) is 35.2 Å². The summed E-state index contributed by atoms with van der Waals surface area (Å²) in [5.74, 6) is -0.574. The third kappa shape index (κ3) is 6.15. The number of carbonyl (C=O) groups excluding carboxylic acids is 3. The number of rotatable bonds is 9. The maximum Gasteiger partial charge on any atom is 0.412 e. The Bertz CT molecular complexity index is 1140. The fraction of sp³-hybridized carbons (Fsp3) is 0.333. The van der Waals surface area contributed by atoms with E-state index in [1.165, 1.54) is 23.3 Å². The summed E-state index contributed by atoms with van der Waals surface area (Å²) in [5.41, 5.74) is 0.834. The number of amides is 3. The lowest BCUT2D eigenvalue weighted by Crippen LogP contribution is -2.25. The molecule has 0 aliphatic rings. The van der Waals surface area contributed by atoms with Gasteiger partial charge in [-0.1, -0.05) is 13.3 Å². The van der Waals surface area contributed by atoms with Gasteiger partial charge < -0.3 is 19.8 Å². The van der Waals surface area contributed by atoms with Crippen LogP contribution in [0.1, 0.15) is 47.7 Å². The van der Waals surface area contributed by atoms with Crippen LogP contribution < -0.4 is 16.0 Å². The molecule has 0 atom stereocenters. The van der Waals surface area contributed by atoms with Crippen molar-refractivity contribution >= 4 is 29.4 Å². The molecule has 0 aromatic carbocycles. The predicted octanol–water partition coefficient (Wildman–Crippen LogP) is 2.82. The zero-order chi connectivity index (χ0) is 23.8. The van der Waals surface area contributed by atoms with E-state index in [9.17, 15) is 14.4 Å². The third-order valence-electron chi connectivity index (χ3n) is 4.33. The molecular weight excluding hydrogens is 430 g/mol. The zero-order valence-corrected chi connectivity index (χ0v) is 18.5. The van der Waals surface area contributed by atoms with Gasteiger partial charge >= 0.3 is 6.09 Å². The molecule has 0 fully saturated rings. The van der Waals surface area contributed by atoms with Crippen LogP contribution in [0.25, 0.3) is 11.5 Å². The second-order valence-electron chi connectivity index (χ2n) is 6.96. The highest BCUT2D eigenvalue weighted by Gasteiger charge is 2.20. The molecule has 12 heteroatoms. The minimum Gasteiger partial charge on any atom is -0.449 e. The van der Waals surface area contributed by atoms with Crippen molar-refractivity contribution in [2.24, 2.45) is 7.05 Å². The van der Waals surface area contributed by atoms with Crippen LogP contribution in [-0.4, -0.2) is 50.8 Å². The number of oxazole rings is 1. The first-order valence-corrected chi connectivity index (χ1v) is 10.4. The third-order valence-corrected chi connectivity index (χ3v) is 4.33. The summed E-state index contributed by atoms with van der Waals surface area (Å²) in [5, 5.41) is 11.9. The van der Waals surface area contributed by atoms with E-state index in [2.05, 4.69) is 31.0 Å². The summed E-state index contributed by atoms with van der Waals surface area (Å²) in [4.78, 5) is 44.9. The van der Waals surface area contributed by atoms with Crippen molar-refractivity contribution in [3.05, 3.63) is 42.2 Å². The van der Waals surface area contributed by atoms with Gasteiger partial charge in [0.05, 0.1) is 12.3 Å². The SMILES string of the molecule is CCCCOC(=O)Nc1cc(-c2nc(C(=O)Nc3cn(C)nc3C(=O)NCC)co2)ccn1. The summed E-state index contributed by atoms with van der Waals surface area (Å²) in [7, 11) is 1.64. The second kappa shape index (κ2) is 10.9. The zero-order valence-electron chi connectivity index (χ0n) is 18.5. The van der Waals surface area contributed by atoms with Crippen molar-refractivity contribution in [3.8, 4) is 11.5 Å². The standard InChI is InChI=1S/C21H25N7O5/c1-4-6-9-32-21(31)26-16-10-13(7-8-23-16)20-25-15(12-33-20)18(29)24-14-11-28(3)27-17(14)19(30)22-5-2/h7-8,10-12H,4-6,9H2,1-3H3,(H,22,30)(H,24,29)(H,23,26,31). The lowest BCUT2D eigenvalue weighted by Gasteiger charge is -2.06. The molecule has 3 N–H and O–H groups in total. The van der Waals surface area contributed by atoms with Gasteiger partial charge in [0.25, 0.3) is 11.8 Å². The predicted molar refractivity (Wildman–Crippen MR) is 119 cm³/mol. The lowest BCUT2D eigenvalue weighted by molar-refractivity contribution is 0.0951. The van der Waals surface area contributed by atoms with Gasteiger partial charge in [-0.25, -0.2) is 14.8 Å². The molecule has 0 bridgehead atoms. The van der Waals surface area contributed by atoms with Crippen molar-refractivity contribution in [2.45, 2.75) is 26.7 Å². The minimum absolute atomic E-state index is 0.000925.